The highest BCUT2D eigenvalue weighted by molar-refractivity contribution is 5.78. The van der Waals surface area contributed by atoms with Crippen molar-refractivity contribution in [2.45, 2.75) is 39.8 Å². The fourth-order valence-electron chi connectivity index (χ4n) is 2.78. The van der Waals surface area contributed by atoms with Gasteiger partial charge in [-0.15, -0.1) is 0 Å². The van der Waals surface area contributed by atoms with Gasteiger partial charge >= 0.3 is 5.69 Å². The third-order valence-corrected chi connectivity index (χ3v) is 4.19. The molecule has 2 aromatic heterocycles. The van der Waals surface area contributed by atoms with Gasteiger partial charge in [0.15, 0.2) is 17.0 Å². The molecule has 9 nitrogen and oxygen atoms in total. The third kappa shape index (κ3) is 3.56. The summed E-state index contributed by atoms with van der Waals surface area (Å²) in [5, 5.41) is 0. The highest BCUT2D eigenvalue weighted by Crippen LogP contribution is 2.10. The molecular formula is C15H25N6O3+. The number of unbranched alkanes of at least 4 members (excludes halogenated alkanes) is 1. The minimum Gasteiger partial charge on any atom is -0.368 e. The first-order chi connectivity index (χ1) is 11.4. The van der Waals surface area contributed by atoms with Gasteiger partial charge in [0, 0.05) is 7.05 Å². The van der Waals surface area contributed by atoms with E-state index in [0.717, 1.165) is 25.9 Å². The third-order valence-electron chi connectivity index (χ3n) is 4.19. The molecule has 1 atom stereocenters. The second-order valence-corrected chi connectivity index (χ2v) is 5.95. The van der Waals surface area contributed by atoms with Gasteiger partial charge in [-0.1, -0.05) is 13.3 Å². The standard InChI is InChI=1S/C15H24N6O3/c1-4-6-7-20(5-2)9-11-17-13-12(21(11)8-10(16)22)14(23)18-15(24)19(13)3/h4-9H2,1-3H3,(H2,16,22)(H,18,23,24)/p+1. The number of fused-ring (bicyclic) bond motifs is 1. The minimum absolute atomic E-state index is 0.141. The lowest BCUT2D eigenvalue weighted by atomic mass is 10.3. The van der Waals surface area contributed by atoms with Gasteiger partial charge < -0.3 is 15.2 Å². The summed E-state index contributed by atoms with van der Waals surface area (Å²) in [6.07, 6.45) is 2.17. The Balaban J connectivity index is 2.57. The van der Waals surface area contributed by atoms with E-state index >= 15 is 0 Å². The number of nitrogens with two attached hydrogens (primary N) is 1. The number of hydrogen-bond acceptors (Lipinski definition) is 4. The van der Waals surface area contributed by atoms with Crippen LogP contribution in [-0.4, -0.2) is 38.1 Å². The molecule has 0 aromatic carbocycles. The van der Waals surface area contributed by atoms with E-state index in [0.29, 0.717) is 12.4 Å². The molecule has 0 saturated carbocycles. The summed E-state index contributed by atoms with van der Waals surface area (Å²) in [6.45, 7) is 6.50. The zero-order chi connectivity index (χ0) is 17.9. The molecule has 0 aliphatic rings. The second kappa shape index (κ2) is 7.43. The molecule has 0 fully saturated rings. The van der Waals surface area contributed by atoms with E-state index in [9.17, 15) is 14.4 Å². The zero-order valence-electron chi connectivity index (χ0n) is 14.4. The number of carbonyl (C=O) groups excluding carboxylic acids is 1. The van der Waals surface area contributed by atoms with Crippen molar-refractivity contribution in [3.8, 4) is 0 Å². The quantitative estimate of drug-likeness (QED) is 0.522. The lowest BCUT2D eigenvalue weighted by Crippen LogP contribution is -3.10. The van der Waals surface area contributed by atoms with Gasteiger partial charge in [-0.25, -0.2) is 9.78 Å². The molecule has 4 N–H and O–H groups in total. The van der Waals surface area contributed by atoms with Crippen LogP contribution in [0.4, 0.5) is 0 Å². The van der Waals surface area contributed by atoms with Crippen molar-refractivity contribution in [1.29, 1.82) is 0 Å². The molecule has 0 aliphatic heterocycles. The van der Waals surface area contributed by atoms with Crippen molar-refractivity contribution in [2.24, 2.45) is 12.8 Å². The van der Waals surface area contributed by atoms with Crippen LogP contribution in [0.5, 0.6) is 0 Å². The minimum atomic E-state index is -0.560. The Bertz CT molecular complexity index is 847. The van der Waals surface area contributed by atoms with Crippen molar-refractivity contribution in [2.75, 3.05) is 13.1 Å². The van der Waals surface area contributed by atoms with E-state index in [1.165, 1.54) is 21.1 Å². The predicted molar refractivity (Wildman–Crippen MR) is 89.8 cm³/mol. The van der Waals surface area contributed by atoms with E-state index < -0.39 is 17.2 Å². The van der Waals surface area contributed by atoms with Gasteiger partial charge in [0.1, 0.15) is 13.1 Å². The number of quaternary nitrogens is 1. The molecule has 0 saturated heterocycles. The van der Waals surface area contributed by atoms with Gasteiger partial charge in [0.25, 0.3) is 5.56 Å². The number of aryl methyl sites for hydroxylation is 1. The van der Waals surface area contributed by atoms with Crippen LogP contribution >= 0.6 is 0 Å². The molecule has 0 spiro atoms. The van der Waals surface area contributed by atoms with Gasteiger partial charge in [-0.05, 0) is 13.3 Å². The van der Waals surface area contributed by atoms with E-state index in [2.05, 4.69) is 23.8 Å². The number of amides is 1. The Morgan fingerprint density at radius 2 is 2.04 bits per heavy atom. The molecule has 0 radical (unpaired) electrons. The predicted octanol–water partition coefficient (Wildman–Crippen LogP) is -1.89. The SMILES string of the molecule is CCCC[NH+](CC)Cc1nc2c(c(=O)[nH]c(=O)n2C)n1CC(N)=O. The normalized spacial score (nSPS) is 12.6. The highest BCUT2D eigenvalue weighted by atomic mass is 16.2. The zero-order valence-corrected chi connectivity index (χ0v) is 14.4. The first kappa shape index (κ1) is 17.9. The molecule has 1 amide bonds. The molecule has 0 bridgehead atoms. The Labute approximate surface area is 139 Å². The summed E-state index contributed by atoms with van der Waals surface area (Å²) in [5.41, 5.74) is 4.72. The first-order valence-electron chi connectivity index (χ1n) is 8.19. The molecular weight excluding hydrogens is 312 g/mol. The summed E-state index contributed by atoms with van der Waals surface area (Å²) in [5.74, 6) is 0.0267. The van der Waals surface area contributed by atoms with Crippen LogP contribution in [0.1, 0.15) is 32.5 Å². The average molecular weight is 337 g/mol. The van der Waals surface area contributed by atoms with Crippen LogP contribution < -0.4 is 21.9 Å². The molecule has 2 aromatic rings. The van der Waals surface area contributed by atoms with Crippen molar-refractivity contribution < 1.29 is 9.69 Å². The summed E-state index contributed by atoms with van der Waals surface area (Å²) < 4.78 is 2.80. The summed E-state index contributed by atoms with van der Waals surface area (Å²) in [4.78, 5) is 43.4. The highest BCUT2D eigenvalue weighted by Gasteiger charge is 2.21. The second-order valence-electron chi connectivity index (χ2n) is 5.95. The van der Waals surface area contributed by atoms with Gasteiger partial charge in [0.2, 0.25) is 5.91 Å². The Morgan fingerprint density at radius 3 is 2.62 bits per heavy atom. The van der Waals surface area contributed by atoms with E-state index in [-0.39, 0.29) is 17.7 Å². The van der Waals surface area contributed by atoms with Crippen molar-refractivity contribution in [1.82, 2.24) is 19.1 Å². The van der Waals surface area contributed by atoms with Gasteiger partial charge in [-0.3, -0.25) is 19.1 Å². The Kier molecular flexibility index (Phi) is 5.55. The molecule has 2 heterocycles. The Hall–Kier alpha value is -2.42. The van der Waals surface area contributed by atoms with Gasteiger partial charge in [-0.2, -0.15) is 0 Å². The topological polar surface area (TPSA) is 120 Å². The number of carbonyl (C=O) groups is 1. The number of nitrogens with zero attached hydrogens (tertiary/aromatic N) is 3. The number of nitrogens with one attached hydrogen (secondary N) is 2. The fourth-order valence-corrected chi connectivity index (χ4v) is 2.78. The van der Waals surface area contributed by atoms with Crippen LogP contribution in [0.25, 0.3) is 11.2 Å². The maximum Gasteiger partial charge on any atom is 0.329 e. The van der Waals surface area contributed by atoms with Crippen LogP contribution in [0.3, 0.4) is 0 Å². The van der Waals surface area contributed by atoms with Crippen LogP contribution in [0.2, 0.25) is 0 Å². The lowest BCUT2D eigenvalue weighted by molar-refractivity contribution is -0.913. The maximum absolute atomic E-state index is 12.2. The molecule has 9 heteroatoms. The van der Waals surface area contributed by atoms with E-state index in [1.807, 2.05) is 0 Å². The summed E-state index contributed by atoms with van der Waals surface area (Å²) >= 11 is 0. The van der Waals surface area contributed by atoms with Gasteiger partial charge in [0.05, 0.1) is 13.1 Å². The number of imidazole rings is 1. The van der Waals surface area contributed by atoms with E-state index in [1.54, 1.807) is 0 Å². The maximum atomic E-state index is 12.2. The number of hydrogen-bond donors (Lipinski definition) is 3. The molecule has 24 heavy (non-hydrogen) atoms. The smallest absolute Gasteiger partial charge is 0.329 e. The number of H-pyrrole nitrogens is 1. The van der Waals surface area contributed by atoms with Crippen molar-refractivity contribution in [3.05, 3.63) is 26.7 Å². The van der Waals surface area contributed by atoms with Crippen LogP contribution in [0.15, 0.2) is 9.59 Å². The van der Waals surface area contributed by atoms with Crippen molar-refractivity contribution in [3.63, 3.8) is 0 Å². The molecule has 132 valence electrons. The number of aromatic nitrogens is 4. The lowest BCUT2D eigenvalue weighted by Gasteiger charge is -2.17. The Morgan fingerprint density at radius 1 is 1.33 bits per heavy atom. The number of primary amides is 1. The van der Waals surface area contributed by atoms with Crippen LogP contribution in [0, 0.1) is 0 Å². The van der Waals surface area contributed by atoms with Crippen LogP contribution in [-0.2, 0) is 24.9 Å². The first-order valence-corrected chi connectivity index (χ1v) is 8.19. The largest absolute Gasteiger partial charge is 0.368 e. The summed E-state index contributed by atoms with van der Waals surface area (Å²) in [7, 11) is 1.54. The monoisotopic (exact) mass is 337 g/mol. The number of rotatable bonds is 8. The van der Waals surface area contributed by atoms with Crippen molar-refractivity contribution >= 4 is 17.1 Å². The molecule has 2 rings (SSSR count). The molecule has 0 aliphatic carbocycles. The number of aromatic amines is 1. The molecule has 1 unspecified atom stereocenters. The van der Waals surface area contributed by atoms with E-state index in [4.69, 9.17) is 5.73 Å². The summed E-state index contributed by atoms with van der Waals surface area (Å²) in [6, 6.07) is 0. The fraction of sp³-hybridized carbons (Fsp3) is 0.600. The average Bonchev–Trinajstić information content (AvgIpc) is 2.87.